The molecule has 5 nitrogen and oxygen atoms in total. The largest absolute Gasteiger partial charge is 0.456 e. The van der Waals surface area contributed by atoms with Gasteiger partial charge in [-0.1, -0.05) is 170 Å². The third kappa shape index (κ3) is 5.81. The van der Waals surface area contributed by atoms with Crippen molar-refractivity contribution in [2.24, 2.45) is 0 Å². The van der Waals surface area contributed by atoms with E-state index in [0.717, 1.165) is 184 Å². The highest BCUT2D eigenvalue weighted by atomic mass is 32.3. The van der Waals surface area contributed by atoms with E-state index in [1.165, 1.54) is 0 Å². The summed E-state index contributed by atoms with van der Waals surface area (Å²) in [5.74, 6) is 0. The van der Waals surface area contributed by atoms with Gasteiger partial charge in [0.2, 0.25) is 0 Å². The Morgan fingerprint density at radius 1 is 0.244 bits per heavy atom. The number of para-hydroxylation sites is 4. The molecule has 2 aliphatic heterocycles. The SMILES string of the molecule is O=S12(c3ccccc3-c3cc(-c4cc5ccccc5cc4-n4c5ccccc5c5cc6oc7ccccc7c6cc54)ccc31)c1ccccc1-c1cc(-c3cc4ccccc4cc3-n3c4ccccc4c4cc5oc6ccccc6c5cc43)ccc12. The van der Waals surface area contributed by atoms with E-state index in [1.807, 2.05) is 24.3 Å². The highest BCUT2D eigenvalue weighted by Gasteiger charge is 2.57. The molecule has 0 fully saturated rings. The molecule has 0 saturated carbocycles. The normalized spacial score (nSPS) is 14.3. The highest BCUT2D eigenvalue weighted by molar-refractivity contribution is 8.21. The van der Waals surface area contributed by atoms with Crippen LogP contribution < -0.4 is 0 Å². The molecule has 6 heteroatoms. The molecule has 6 heterocycles. The first-order valence-electron chi connectivity index (χ1n) is 29.4. The molecular formula is C80H46N2O3S. The van der Waals surface area contributed by atoms with Crippen LogP contribution in [-0.4, -0.2) is 13.3 Å². The Hall–Kier alpha value is -11.1. The molecule has 0 saturated heterocycles. The van der Waals surface area contributed by atoms with E-state index in [2.05, 4.69) is 264 Å². The minimum absolute atomic E-state index is 0.842. The molecule has 400 valence electrons. The van der Waals surface area contributed by atoms with Crippen LogP contribution in [0.1, 0.15) is 0 Å². The van der Waals surface area contributed by atoms with Crippen molar-refractivity contribution in [1.82, 2.24) is 9.13 Å². The number of nitrogens with zero attached hydrogens (tertiary/aromatic N) is 2. The Morgan fingerprint density at radius 2 is 0.616 bits per heavy atom. The Morgan fingerprint density at radius 3 is 1.08 bits per heavy atom. The first kappa shape index (κ1) is 46.4. The smallest absolute Gasteiger partial charge is 0.136 e. The molecule has 20 rings (SSSR count). The van der Waals surface area contributed by atoms with Gasteiger partial charge in [-0.25, -0.2) is 0 Å². The van der Waals surface area contributed by atoms with E-state index in [-0.39, 0.29) is 0 Å². The predicted molar refractivity (Wildman–Crippen MR) is 354 cm³/mol. The zero-order valence-corrected chi connectivity index (χ0v) is 46.9. The van der Waals surface area contributed by atoms with Crippen molar-refractivity contribution < 1.29 is 13.0 Å². The van der Waals surface area contributed by atoms with Crippen molar-refractivity contribution in [2.45, 2.75) is 19.6 Å². The standard InChI is InChI=1S/C80H46N2O3S/c83-86(77-31-15-9-25-57(77)65-39-51(33-35-79(65)86)59-37-47-17-1-3-19-49(47)41-69(59)81-67-27-11-5-21-53(67)61-45-75-63(43-71(61)81)55-23-7-13-29-73(55)84-75)78-32-16-10-26-58(78)66-40-52(34-36-80(66)86)60-38-48-18-2-4-20-50(48)42-70(60)82-68-28-12-6-22-54(68)62-46-76-64(44-72(62)82)56-24-8-14-30-74(56)85-76/h1-46H. The molecule has 2 aliphatic rings. The quantitative estimate of drug-likeness (QED) is 0.176. The van der Waals surface area contributed by atoms with Gasteiger partial charge in [-0.2, -0.15) is 0 Å². The molecule has 0 radical (unpaired) electrons. The van der Waals surface area contributed by atoms with Crippen molar-refractivity contribution in [1.29, 1.82) is 0 Å². The number of fused-ring (bicyclic) bond motifs is 24. The molecule has 14 aromatic carbocycles. The number of hydrogen-bond donors (Lipinski definition) is 0. The highest BCUT2D eigenvalue weighted by Crippen LogP contribution is 2.71. The van der Waals surface area contributed by atoms with Crippen LogP contribution in [0.5, 0.6) is 0 Å². The lowest BCUT2D eigenvalue weighted by atomic mass is 9.95. The molecule has 0 bridgehead atoms. The topological polar surface area (TPSA) is 53.2 Å². The zero-order chi connectivity index (χ0) is 56.2. The molecule has 0 aliphatic carbocycles. The van der Waals surface area contributed by atoms with Crippen LogP contribution in [0, 0.1) is 0 Å². The summed E-state index contributed by atoms with van der Waals surface area (Å²) in [5, 5.41) is 13.5. The van der Waals surface area contributed by atoms with Crippen LogP contribution in [0.4, 0.5) is 0 Å². The minimum Gasteiger partial charge on any atom is -0.456 e. The molecule has 0 unspecified atom stereocenters. The predicted octanol–water partition coefficient (Wildman–Crippen LogP) is 21.6. The fourth-order valence-corrected chi connectivity index (χ4v) is 20.6. The third-order valence-electron chi connectivity index (χ3n) is 19.2. The van der Waals surface area contributed by atoms with Crippen molar-refractivity contribution in [2.75, 3.05) is 0 Å². The van der Waals surface area contributed by atoms with Gasteiger partial charge < -0.3 is 18.0 Å². The maximum atomic E-state index is 18.3. The Kier molecular flexibility index (Phi) is 8.85. The number of benzene rings is 14. The molecule has 1 spiro atoms. The zero-order valence-electron chi connectivity index (χ0n) is 46.1. The number of rotatable bonds is 4. The molecule has 4 aromatic heterocycles. The van der Waals surface area contributed by atoms with Gasteiger partial charge >= 0.3 is 0 Å². The number of furan rings is 2. The van der Waals surface area contributed by atoms with Gasteiger partial charge in [0.05, 0.1) is 33.4 Å². The summed E-state index contributed by atoms with van der Waals surface area (Å²) in [6.45, 7) is 0. The van der Waals surface area contributed by atoms with Crippen LogP contribution >= 0.6 is 0 Å². The van der Waals surface area contributed by atoms with Crippen molar-refractivity contribution in [3.8, 4) is 55.9 Å². The maximum Gasteiger partial charge on any atom is 0.136 e. The second kappa shape index (κ2) is 16.4. The fourth-order valence-electron chi connectivity index (χ4n) is 15.4. The molecule has 0 N–H and O–H groups in total. The average molecular weight is 1120 g/mol. The van der Waals surface area contributed by atoms with E-state index < -0.39 is 9.07 Å². The molecule has 18 aromatic rings. The summed E-state index contributed by atoms with van der Waals surface area (Å²) in [4.78, 5) is 3.38. The summed E-state index contributed by atoms with van der Waals surface area (Å²) >= 11 is 0. The van der Waals surface area contributed by atoms with Gasteiger partial charge in [0, 0.05) is 82.9 Å². The van der Waals surface area contributed by atoms with E-state index in [9.17, 15) is 0 Å². The van der Waals surface area contributed by atoms with Gasteiger partial charge in [0.1, 0.15) is 22.3 Å². The van der Waals surface area contributed by atoms with E-state index >= 15 is 4.21 Å². The number of hydrogen-bond acceptors (Lipinski definition) is 3. The van der Waals surface area contributed by atoms with Gasteiger partial charge in [-0.05, 0) is 164 Å². The summed E-state index contributed by atoms with van der Waals surface area (Å²) in [6, 6.07) is 100. The lowest BCUT2D eigenvalue weighted by molar-refractivity contribution is 0.658. The van der Waals surface area contributed by atoms with Crippen LogP contribution in [0.15, 0.2) is 307 Å². The van der Waals surface area contributed by atoms with Crippen molar-refractivity contribution in [3.63, 3.8) is 0 Å². The van der Waals surface area contributed by atoms with E-state index in [0.29, 0.717) is 0 Å². The average Bonchev–Trinajstić information content (AvgIpc) is 1.56. The monoisotopic (exact) mass is 1110 g/mol. The van der Waals surface area contributed by atoms with Crippen molar-refractivity contribution >= 4 is 118 Å². The summed E-state index contributed by atoms with van der Waals surface area (Å²) in [5.41, 5.74) is 18.2. The van der Waals surface area contributed by atoms with Gasteiger partial charge in [0.15, 0.2) is 0 Å². The van der Waals surface area contributed by atoms with Gasteiger partial charge in [0.25, 0.3) is 0 Å². The summed E-state index contributed by atoms with van der Waals surface area (Å²) in [6.07, 6.45) is 0. The Labute approximate surface area is 491 Å². The molecular weight excluding hydrogens is 1070 g/mol. The first-order valence-corrected chi connectivity index (χ1v) is 31.3. The summed E-state index contributed by atoms with van der Waals surface area (Å²) in [7, 11) is -4.28. The number of aromatic nitrogens is 2. The van der Waals surface area contributed by atoms with Crippen LogP contribution in [0.3, 0.4) is 0 Å². The lowest BCUT2D eigenvalue weighted by Crippen LogP contribution is -2.30. The Balaban J connectivity index is 0.814. The third-order valence-corrected chi connectivity index (χ3v) is 23.9. The molecule has 0 amide bonds. The van der Waals surface area contributed by atoms with Gasteiger partial charge in [-0.3, -0.25) is 4.21 Å². The van der Waals surface area contributed by atoms with Crippen molar-refractivity contribution in [3.05, 3.63) is 279 Å². The second-order valence-electron chi connectivity index (χ2n) is 23.4. The van der Waals surface area contributed by atoms with E-state index in [1.54, 1.807) is 0 Å². The maximum absolute atomic E-state index is 18.3. The molecule has 0 atom stereocenters. The summed E-state index contributed by atoms with van der Waals surface area (Å²) < 4.78 is 36.2. The van der Waals surface area contributed by atoms with Crippen LogP contribution in [0.2, 0.25) is 0 Å². The minimum atomic E-state index is -4.28. The Bertz CT molecular complexity index is 5810. The second-order valence-corrected chi connectivity index (χ2v) is 27.1. The van der Waals surface area contributed by atoms with E-state index in [4.69, 9.17) is 8.83 Å². The van der Waals surface area contributed by atoms with Crippen LogP contribution in [-0.2, 0) is 9.07 Å². The first-order chi connectivity index (χ1) is 42.4. The van der Waals surface area contributed by atoms with Gasteiger partial charge in [-0.15, -0.1) is 0 Å². The van der Waals surface area contributed by atoms with Crippen LogP contribution in [0.25, 0.3) is 165 Å². The molecule has 86 heavy (non-hydrogen) atoms. The lowest BCUT2D eigenvalue weighted by Gasteiger charge is -2.38. The fraction of sp³-hybridized carbons (Fsp3) is 0.